The van der Waals surface area contributed by atoms with Crippen LogP contribution in [0.5, 0.6) is 0 Å². The Morgan fingerprint density at radius 1 is 1.22 bits per heavy atom. The molecule has 2 rings (SSSR count). The van der Waals surface area contributed by atoms with Crippen molar-refractivity contribution >= 4 is 15.7 Å². The number of carbonyl (C=O) groups excluding carboxylic acids is 1. The van der Waals surface area contributed by atoms with E-state index in [1.807, 2.05) is 0 Å². The molecule has 0 radical (unpaired) electrons. The second-order valence-electron chi connectivity index (χ2n) is 5.60. The molecule has 1 saturated heterocycles. The van der Waals surface area contributed by atoms with Crippen LogP contribution in [0.1, 0.15) is 38.5 Å². The number of sulfone groups is 1. The first kappa shape index (κ1) is 13.8. The minimum Gasteiger partial charge on any atom is -0.352 e. The monoisotopic (exact) mass is 274 g/mol. The maximum Gasteiger partial charge on any atom is 0.220 e. The molecule has 3 N–H and O–H groups in total. The molecule has 1 amide bonds. The molecule has 1 aliphatic heterocycles. The third-order valence-electron chi connectivity index (χ3n) is 3.97. The molecule has 0 aromatic heterocycles. The van der Waals surface area contributed by atoms with Crippen LogP contribution in [0.25, 0.3) is 0 Å². The maximum atomic E-state index is 11.9. The Labute approximate surface area is 108 Å². The Morgan fingerprint density at radius 3 is 2.56 bits per heavy atom. The van der Waals surface area contributed by atoms with Gasteiger partial charge < -0.3 is 11.1 Å². The van der Waals surface area contributed by atoms with E-state index in [9.17, 15) is 13.2 Å². The van der Waals surface area contributed by atoms with E-state index >= 15 is 0 Å². The Morgan fingerprint density at radius 2 is 1.94 bits per heavy atom. The van der Waals surface area contributed by atoms with Crippen molar-refractivity contribution in [3.05, 3.63) is 0 Å². The lowest BCUT2D eigenvalue weighted by Crippen LogP contribution is -2.49. The molecular weight excluding hydrogens is 252 g/mol. The van der Waals surface area contributed by atoms with Crippen LogP contribution in [-0.2, 0) is 14.6 Å². The normalized spacial score (nSPS) is 35.3. The van der Waals surface area contributed by atoms with Crippen molar-refractivity contribution in [2.24, 2.45) is 11.7 Å². The number of hydrogen-bond donors (Lipinski definition) is 2. The average Bonchev–Trinajstić information content (AvgIpc) is 2.61. The number of rotatable bonds is 3. The van der Waals surface area contributed by atoms with E-state index in [1.165, 1.54) is 0 Å². The number of carbonyl (C=O) groups is 1. The molecule has 1 heterocycles. The predicted molar refractivity (Wildman–Crippen MR) is 69.8 cm³/mol. The molecule has 18 heavy (non-hydrogen) atoms. The van der Waals surface area contributed by atoms with Crippen LogP contribution in [0, 0.1) is 5.92 Å². The minimum atomic E-state index is -2.89. The third-order valence-corrected chi connectivity index (χ3v) is 5.80. The largest absolute Gasteiger partial charge is 0.352 e. The molecule has 1 saturated carbocycles. The molecule has 0 bridgehead atoms. The summed E-state index contributed by atoms with van der Waals surface area (Å²) < 4.78 is 22.6. The van der Waals surface area contributed by atoms with E-state index in [2.05, 4.69) is 5.32 Å². The first-order valence-corrected chi connectivity index (χ1v) is 8.54. The lowest BCUT2D eigenvalue weighted by molar-refractivity contribution is -0.122. The van der Waals surface area contributed by atoms with E-state index in [1.54, 1.807) is 0 Å². The van der Waals surface area contributed by atoms with Crippen molar-refractivity contribution in [1.29, 1.82) is 0 Å². The Kier molecular flexibility index (Phi) is 4.27. The Balaban J connectivity index is 1.78. The van der Waals surface area contributed by atoms with Gasteiger partial charge in [0, 0.05) is 18.5 Å². The van der Waals surface area contributed by atoms with Gasteiger partial charge in [-0.15, -0.1) is 0 Å². The molecule has 5 nitrogen and oxygen atoms in total. The highest BCUT2D eigenvalue weighted by molar-refractivity contribution is 7.91. The molecular formula is C12H22N2O3S. The van der Waals surface area contributed by atoms with Gasteiger partial charge in [-0.25, -0.2) is 8.42 Å². The summed E-state index contributed by atoms with van der Waals surface area (Å²) in [5, 5.41) is 2.96. The molecule has 0 aromatic rings. The lowest BCUT2D eigenvalue weighted by Gasteiger charge is -2.29. The zero-order valence-electron chi connectivity index (χ0n) is 10.6. The van der Waals surface area contributed by atoms with Crippen LogP contribution < -0.4 is 11.1 Å². The van der Waals surface area contributed by atoms with Gasteiger partial charge in [-0.3, -0.25) is 4.79 Å². The van der Waals surface area contributed by atoms with Crippen molar-refractivity contribution in [1.82, 2.24) is 5.32 Å². The van der Waals surface area contributed by atoms with Gasteiger partial charge in [-0.1, -0.05) is 12.8 Å². The summed E-state index contributed by atoms with van der Waals surface area (Å²) in [5.74, 6) is 0.347. The summed E-state index contributed by atoms with van der Waals surface area (Å²) in [6, 6.07) is 0.124. The molecule has 0 spiro atoms. The van der Waals surface area contributed by atoms with Crippen molar-refractivity contribution < 1.29 is 13.2 Å². The predicted octanol–water partition coefficient (Wildman–Crippen LogP) is 0.197. The molecule has 1 aliphatic carbocycles. The van der Waals surface area contributed by atoms with E-state index < -0.39 is 9.84 Å². The number of nitrogens with one attached hydrogen (secondary N) is 1. The van der Waals surface area contributed by atoms with Gasteiger partial charge in [0.05, 0.1) is 11.5 Å². The summed E-state index contributed by atoms with van der Waals surface area (Å²) in [5.41, 5.74) is 5.97. The van der Waals surface area contributed by atoms with Crippen molar-refractivity contribution in [3.63, 3.8) is 0 Å². The molecule has 3 atom stereocenters. The van der Waals surface area contributed by atoms with Crippen LogP contribution in [0.4, 0.5) is 0 Å². The zero-order valence-corrected chi connectivity index (χ0v) is 11.4. The molecule has 1 unspecified atom stereocenters. The summed E-state index contributed by atoms with van der Waals surface area (Å²) in [7, 11) is -2.89. The molecule has 6 heteroatoms. The van der Waals surface area contributed by atoms with Crippen molar-refractivity contribution in [2.75, 3.05) is 11.5 Å². The van der Waals surface area contributed by atoms with Crippen LogP contribution >= 0.6 is 0 Å². The summed E-state index contributed by atoms with van der Waals surface area (Å²) in [6.45, 7) is 0. The van der Waals surface area contributed by atoms with Gasteiger partial charge in [-0.05, 0) is 25.2 Å². The van der Waals surface area contributed by atoms with Gasteiger partial charge in [0.15, 0.2) is 9.84 Å². The molecule has 0 aromatic carbocycles. The van der Waals surface area contributed by atoms with E-state index in [0.29, 0.717) is 12.8 Å². The van der Waals surface area contributed by atoms with E-state index in [-0.39, 0.29) is 35.4 Å². The Hall–Kier alpha value is -0.620. The number of nitrogens with two attached hydrogens (primary N) is 1. The zero-order chi connectivity index (χ0) is 13.2. The smallest absolute Gasteiger partial charge is 0.220 e. The number of amides is 1. The first-order chi connectivity index (χ1) is 8.46. The second-order valence-corrected chi connectivity index (χ2v) is 7.82. The molecule has 104 valence electrons. The van der Waals surface area contributed by atoms with Crippen LogP contribution in [-0.4, -0.2) is 37.9 Å². The van der Waals surface area contributed by atoms with Gasteiger partial charge in [-0.2, -0.15) is 0 Å². The van der Waals surface area contributed by atoms with Crippen LogP contribution in [0.2, 0.25) is 0 Å². The lowest BCUT2D eigenvalue weighted by atomic mass is 9.90. The van der Waals surface area contributed by atoms with Gasteiger partial charge >= 0.3 is 0 Å². The topological polar surface area (TPSA) is 89.3 Å². The van der Waals surface area contributed by atoms with E-state index in [4.69, 9.17) is 5.73 Å². The molecule has 2 fully saturated rings. The quantitative estimate of drug-likeness (QED) is 0.769. The van der Waals surface area contributed by atoms with Crippen LogP contribution in [0.3, 0.4) is 0 Å². The van der Waals surface area contributed by atoms with Gasteiger partial charge in [0.1, 0.15) is 0 Å². The van der Waals surface area contributed by atoms with Crippen molar-refractivity contribution in [2.45, 2.75) is 50.6 Å². The number of hydrogen-bond acceptors (Lipinski definition) is 4. The highest BCUT2D eigenvalue weighted by atomic mass is 32.2. The fourth-order valence-corrected chi connectivity index (χ4v) is 4.76. The van der Waals surface area contributed by atoms with Crippen molar-refractivity contribution in [3.8, 4) is 0 Å². The fraction of sp³-hybridized carbons (Fsp3) is 0.917. The van der Waals surface area contributed by atoms with Gasteiger partial charge in [0.25, 0.3) is 0 Å². The summed E-state index contributed by atoms with van der Waals surface area (Å²) >= 11 is 0. The fourth-order valence-electron chi connectivity index (χ4n) is 2.90. The summed E-state index contributed by atoms with van der Waals surface area (Å²) in [4.78, 5) is 11.9. The molecule has 2 aliphatic rings. The average molecular weight is 274 g/mol. The first-order valence-electron chi connectivity index (χ1n) is 6.71. The highest BCUT2D eigenvalue weighted by Crippen LogP contribution is 2.22. The maximum absolute atomic E-state index is 11.9. The van der Waals surface area contributed by atoms with Gasteiger partial charge in [0.2, 0.25) is 5.91 Å². The Bertz CT molecular complexity index is 408. The van der Waals surface area contributed by atoms with E-state index in [0.717, 1.165) is 25.7 Å². The minimum absolute atomic E-state index is 0.00480. The SMILES string of the molecule is N[C@@H]1CCCC[C@H]1NC(=O)CC1CCS(=O)(=O)C1. The highest BCUT2D eigenvalue weighted by Gasteiger charge is 2.30. The second kappa shape index (κ2) is 5.57. The third kappa shape index (κ3) is 3.68. The standard InChI is InChI=1S/C12H22N2O3S/c13-10-3-1-2-4-11(10)14-12(15)7-9-5-6-18(16,17)8-9/h9-11H,1-8,13H2,(H,14,15)/t9?,10-,11-/m1/s1. The van der Waals surface area contributed by atoms with Crippen LogP contribution in [0.15, 0.2) is 0 Å². The summed E-state index contributed by atoms with van der Waals surface area (Å²) in [6.07, 6.45) is 5.08.